The van der Waals surface area contributed by atoms with Crippen molar-refractivity contribution in [3.05, 3.63) is 54.0 Å². The zero-order valence-corrected chi connectivity index (χ0v) is 14.1. The molecule has 0 radical (unpaired) electrons. The highest BCUT2D eigenvalue weighted by molar-refractivity contribution is 7.89. The molecule has 2 aromatic rings. The van der Waals surface area contributed by atoms with Crippen molar-refractivity contribution in [1.82, 2.24) is 9.62 Å². The van der Waals surface area contributed by atoms with Crippen LogP contribution in [0.4, 0.5) is 0 Å². The number of sulfonamides is 1. The molecule has 0 bridgehead atoms. The van der Waals surface area contributed by atoms with Crippen LogP contribution >= 0.6 is 0 Å². The zero-order valence-electron chi connectivity index (χ0n) is 13.2. The van der Waals surface area contributed by atoms with Gasteiger partial charge in [-0.25, -0.2) is 13.1 Å². The number of hydrogen-bond acceptors (Lipinski definition) is 4. The van der Waals surface area contributed by atoms with Gasteiger partial charge in [0.25, 0.3) is 0 Å². The summed E-state index contributed by atoms with van der Waals surface area (Å²) in [7, 11) is -3.51. The predicted molar refractivity (Wildman–Crippen MR) is 88.6 cm³/mol. The van der Waals surface area contributed by atoms with Gasteiger partial charge in [-0.1, -0.05) is 17.7 Å². The number of rotatable bonds is 6. The summed E-state index contributed by atoms with van der Waals surface area (Å²) in [5.41, 5.74) is 1.04. The Morgan fingerprint density at radius 3 is 2.48 bits per heavy atom. The third kappa shape index (κ3) is 3.83. The first-order chi connectivity index (χ1) is 11.1. The summed E-state index contributed by atoms with van der Waals surface area (Å²) in [4.78, 5) is 2.57. The first-order valence-corrected chi connectivity index (χ1v) is 9.38. The molecule has 1 aromatic carbocycles. The van der Waals surface area contributed by atoms with E-state index in [0.717, 1.165) is 37.3 Å². The molecule has 1 N–H and O–H groups in total. The number of furan rings is 1. The van der Waals surface area contributed by atoms with Crippen LogP contribution in [-0.4, -0.2) is 33.0 Å². The molecule has 0 spiro atoms. The van der Waals surface area contributed by atoms with Crippen molar-refractivity contribution in [2.75, 3.05) is 19.6 Å². The molecule has 0 aliphatic carbocycles. The van der Waals surface area contributed by atoms with Crippen LogP contribution in [0.5, 0.6) is 0 Å². The van der Waals surface area contributed by atoms with Crippen LogP contribution in [0.1, 0.15) is 30.2 Å². The monoisotopic (exact) mass is 334 g/mol. The lowest BCUT2D eigenvalue weighted by Crippen LogP contribution is -2.36. The summed E-state index contributed by atoms with van der Waals surface area (Å²) in [5, 5.41) is 0. The molecule has 1 saturated heterocycles. The van der Waals surface area contributed by atoms with Crippen molar-refractivity contribution >= 4 is 10.0 Å². The van der Waals surface area contributed by atoms with Gasteiger partial charge in [0, 0.05) is 6.54 Å². The van der Waals surface area contributed by atoms with Gasteiger partial charge in [0.1, 0.15) is 5.76 Å². The molecule has 124 valence electrons. The third-order valence-corrected chi connectivity index (χ3v) is 5.69. The molecule has 1 aliphatic heterocycles. The minimum absolute atomic E-state index is 0.0623. The number of likely N-dealkylation sites (tertiary alicyclic amines) is 1. The van der Waals surface area contributed by atoms with Crippen LogP contribution in [0.3, 0.4) is 0 Å². The maximum Gasteiger partial charge on any atom is 0.240 e. The summed E-state index contributed by atoms with van der Waals surface area (Å²) in [6, 6.07) is 10.6. The summed E-state index contributed by atoms with van der Waals surface area (Å²) in [5.74, 6) is 0.804. The van der Waals surface area contributed by atoms with Gasteiger partial charge in [0.15, 0.2) is 0 Å². The van der Waals surface area contributed by atoms with Gasteiger partial charge in [-0.05, 0) is 57.1 Å². The molecule has 5 nitrogen and oxygen atoms in total. The number of aryl methyl sites for hydroxylation is 1. The molecular formula is C17H22N2O3S. The highest BCUT2D eigenvalue weighted by atomic mass is 32.2. The van der Waals surface area contributed by atoms with Crippen molar-refractivity contribution < 1.29 is 12.8 Å². The number of nitrogens with one attached hydrogen (secondary N) is 1. The molecule has 6 heteroatoms. The highest BCUT2D eigenvalue weighted by Crippen LogP contribution is 2.25. The molecule has 0 amide bonds. The second-order valence-electron chi connectivity index (χ2n) is 5.94. The average Bonchev–Trinajstić information content (AvgIpc) is 3.21. The first kappa shape index (κ1) is 16.2. The smallest absolute Gasteiger partial charge is 0.240 e. The Hall–Kier alpha value is -1.63. The van der Waals surface area contributed by atoms with Crippen molar-refractivity contribution in [1.29, 1.82) is 0 Å². The summed E-state index contributed by atoms with van der Waals surface area (Å²) < 4.78 is 33.2. The molecular weight excluding hydrogens is 312 g/mol. The van der Waals surface area contributed by atoms with E-state index in [2.05, 4.69) is 9.62 Å². The van der Waals surface area contributed by atoms with Gasteiger partial charge in [-0.3, -0.25) is 4.90 Å². The van der Waals surface area contributed by atoms with E-state index in [1.54, 1.807) is 30.5 Å². The van der Waals surface area contributed by atoms with E-state index < -0.39 is 10.0 Å². The van der Waals surface area contributed by atoms with E-state index in [0.29, 0.717) is 11.4 Å². The first-order valence-electron chi connectivity index (χ1n) is 7.90. The average molecular weight is 334 g/mol. The lowest BCUT2D eigenvalue weighted by Gasteiger charge is -2.25. The van der Waals surface area contributed by atoms with Gasteiger partial charge >= 0.3 is 0 Å². The Morgan fingerprint density at radius 1 is 1.17 bits per heavy atom. The molecule has 1 aromatic heterocycles. The number of benzene rings is 1. The second-order valence-corrected chi connectivity index (χ2v) is 7.71. The molecule has 1 atom stereocenters. The van der Waals surface area contributed by atoms with Gasteiger partial charge in [0.05, 0.1) is 17.2 Å². The number of nitrogens with zero attached hydrogens (tertiary/aromatic N) is 1. The Kier molecular flexibility index (Phi) is 4.84. The molecule has 1 aliphatic rings. The Morgan fingerprint density at radius 2 is 1.87 bits per heavy atom. The van der Waals surface area contributed by atoms with Crippen LogP contribution in [-0.2, 0) is 10.0 Å². The van der Waals surface area contributed by atoms with Gasteiger partial charge in [-0.2, -0.15) is 0 Å². The summed E-state index contributed by atoms with van der Waals surface area (Å²) in [6.07, 6.45) is 3.91. The Bertz CT molecular complexity index is 718. The van der Waals surface area contributed by atoms with Crippen LogP contribution < -0.4 is 4.72 Å². The standard InChI is InChI=1S/C17H22N2O3S/c1-14-6-8-15(9-7-14)23(20,21)18-13-16(17-5-4-12-22-17)19-10-2-3-11-19/h4-9,12,16,18H,2-3,10-11,13H2,1H3. The van der Waals surface area contributed by atoms with E-state index in [4.69, 9.17) is 4.42 Å². The molecule has 2 heterocycles. The van der Waals surface area contributed by atoms with E-state index in [1.807, 2.05) is 19.1 Å². The zero-order chi connectivity index (χ0) is 16.3. The van der Waals surface area contributed by atoms with E-state index in [-0.39, 0.29) is 6.04 Å². The minimum Gasteiger partial charge on any atom is -0.468 e. The molecule has 1 fully saturated rings. The predicted octanol–water partition coefficient (Wildman–Crippen LogP) is 2.70. The van der Waals surface area contributed by atoms with Crippen LogP contribution in [0.25, 0.3) is 0 Å². The molecule has 23 heavy (non-hydrogen) atoms. The Labute approximate surface area is 137 Å². The van der Waals surface area contributed by atoms with Gasteiger partial charge < -0.3 is 4.42 Å². The Balaban J connectivity index is 1.74. The lowest BCUT2D eigenvalue weighted by atomic mass is 10.2. The summed E-state index contributed by atoms with van der Waals surface area (Å²) in [6.45, 7) is 4.18. The topological polar surface area (TPSA) is 62.6 Å². The van der Waals surface area contributed by atoms with E-state index in [9.17, 15) is 8.42 Å². The van der Waals surface area contributed by atoms with Crippen LogP contribution in [0, 0.1) is 6.92 Å². The van der Waals surface area contributed by atoms with Gasteiger partial charge in [0.2, 0.25) is 10.0 Å². The number of hydrogen-bond donors (Lipinski definition) is 1. The lowest BCUT2D eigenvalue weighted by molar-refractivity contribution is 0.216. The van der Waals surface area contributed by atoms with Crippen molar-refractivity contribution in [3.63, 3.8) is 0 Å². The van der Waals surface area contributed by atoms with Crippen LogP contribution in [0.2, 0.25) is 0 Å². The minimum atomic E-state index is -3.51. The quantitative estimate of drug-likeness (QED) is 0.882. The van der Waals surface area contributed by atoms with Crippen molar-refractivity contribution in [3.8, 4) is 0 Å². The third-order valence-electron chi connectivity index (χ3n) is 4.25. The SMILES string of the molecule is Cc1ccc(S(=O)(=O)NCC(c2ccco2)N2CCCC2)cc1. The summed E-state index contributed by atoms with van der Waals surface area (Å²) >= 11 is 0. The largest absolute Gasteiger partial charge is 0.468 e. The van der Waals surface area contributed by atoms with Crippen molar-refractivity contribution in [2.45, 2.75) is 30.7 Å². The highest BCUT2D eigenvalue weighted by Gasteiger charge is 2.27. The van der Waals surface area contributed by atoms with Crippen LogP contribution in [0.15, 0.2) is 52.0 Å². The van der Waals surface area contributed by atoms with Crippen molar-refractivity contribution in [2.24, 2.45) is 0 Å². The molecule has 1 unspecified atom stereocenters. The second kappa shape index (κ2) is 6.86. The van der Waals surface area contributed by atoms with E-state index >= 15 is 0 Å². The fourth-order valence-electron chi connectivity index (χ4n) is 2.93. The molecule has 3 rings (SSSR count). The maximum absolute atomic E-state index is 12.5. The molecule has 0 saturated carbocycles. The maximum atomic E-state index is 12.5. The van der Waals surface area contributed by atoms with Gasteiger partial charge in [-0.15, -0.1) is 0 Å². The fraction of sp³-hybridized carbons (Fsp3) is 0.412. The normalized spacial score (nSPS) is 17.4. The van der Waals surface area contributed by atoms with E-state index in [1.165, 1.54) is 0 Å². The fourth-order valence-corrected chi connectivity index (χ4v) is 3.97.